The fourth-order valence-corrected chi connectivity index (χ4v) is 4.27. The van der Waals surface area contributed by atoms with E-state index in [4.69, 9.17) is 10.7 Å². The van der Waals surface area contributed by atoms with Gasteiger partial charge in [-0.25, -0.2) is 9.97 Å². The molecular formula is C26H30N4O. The lowest BCUT2D eigenvalue weighted by molar-refractivity contribution is -0.115. The van der Waals surface area contributed by atoms with Gasteiger partial charge >= 0.3 is 0 Å². The topological polar surface area (TPSA) is 80.9 Å². The lowest BCUT2D eigenvalue weighted by Gasteiger charge is -2.21. The minimum absolute atomic E-state index is 0.0698. The summed E-state index contributed by atoms with van der Waals surface area (Å²) in [5.74, 6) is 1.25. The van der Waals surface area contributed by atoms with Crippen molar-refractivity contribution in [2.24, 2.45) is 5.92 Å². The maximum atomic E-state index is 12.6. The van der Waals surface area contributed by atoms with Crippen molar-refractivity contribution in [2.45, 2.75) is 51.4 Å². The van der Waals surface area contributed by atoms with E-state index in [-0.39, 0.29) is 5.91 Å². The zero-order valence-electron chi connectivity index (χ0n) is 17.9. The van der Waals surface area contributed by atoms with E-state index in [9.17, 15) is 4.79 Å². The van der Waals surface area contributed by atoms with Crippen LogP contribution in [0.25, 0.3) is 11.3 Å². The Bertz CT molecular complexity index is 996. The Morgan fingerprint density at radius 3 is 2.48 bits per heavy atom. The zero-order chi connectivity index (χ0) is 21.5. The molecule has 1 heterocycles. The molecule has 3 N–H and O–H groups in total. The van der Waals surface area contributed by atoms with E-state index >= 15 is 0 Å². The van der Waals surface area contributed by atoms with E-state index in [2.05, 4.69) is 10.3 Å². The summed E-state index contributed by atoms with van der Waals surface area (Å²) in [6.45, 7) is 0. The van der Waals surface area contributed by atoms with Crippen LogP contribution in [0, 0.1) is 5.92 Å². The number of carbonyl (C=O) groups excluding carboxylic acids is 1. The summed E-state index contributed by atoms with van der Waals surface area (Å²) in [6, 6.07) is 17.4. The first-order valence-corrected chi connectivity index (χ1v) is 11.2. The van der Waals surface area contributed by atoms with Crippen LogP contribution in [0.5, 0.6) is 0 Å². The number of aromatic nitrogens is 2. The monoisotopic (exact) mass is 414 g/mol. The van der Waals surface area contributed by atoms with Crippen molar-refractivity contribution < 1.29 is 4.79 Å². The Hall–Kier alpha value is -3.21. The number of benzene rings is 2. The van der Waals surface area contributed by atoms with Gasteiger partial charge in [0.1, 0.15) is 0 Å². The number of nitrogen functional groups attached to an aromatic ring is 1. The molecule has 4 rings (SSSR count). The molecule has 0 aliphatic heterocycles. The number of nitrogens with one attached hydrogen (secondary N) is 1. The SMILES string of the molecule is Nc1ccc(-c2cnc(NC(=O)Cc3ccccc3)c(CCC3CCCCC3)n2)cc1. The van der Waals surface area contributed by atoms with E-state index in [1.54, 1.807) is 6.20 Å². The van der Waals surface area contributed by atoms with Crippen LogP contribution in [0.3, 0.4) is 0 Å². The van der Waals surface area contributed by atoms with Crippen LogP contribution in [0.1, 0.15) is 49.8 Å². The van der Waals surface area contributed by atoms with Gasteiger partial charge in [0.25, 0.3) is 0 Å². The zero-order valence-corrected chi connectivity index (χ0v) is 17.9. The first-order chi connectivity index (χ1) is 15.2. The minimum atomic E-state index is -0.0698. The molecule has 3 aromatic rings. The third-order valence-electron chi connectivity index (χ3n) is 6.03. The summed E-state index contributed by atoms with van der Waals surface area (Å²) in [5.41, 5.74) is 10.2. The third kappa shape index (κ3) is 5.91. The Morgan fingerprint density at radius 2 is 1.74 bits per heavy atom. The van der Waals surface area contributed by atoms with E-state index in [0.29, 0.717) is 12.2 Å². The highest BCUT2D eigenvalue weighted by Gasteiger charge is 2.17. The van der Waals surface area contributed by atoms with Gasteiger partial charge in [0, 0.05) is 11.3 Å². The highest BCUT2D eigenvalue weighted by atomic mass is 16.1. The number of rotatable bonds is 7. The van der Waals surface area contributed by atoms with E-state index in [1.165, 1.54) is 32.1 Å². The van der Waals surface area contributed by atoms with E-state index in [0.717, 1.165) is 47.0 Å². The highest BCUT2D eigenvalue weighted by molar-refractivity contribution is 5.92. The smallest absolute Gasteiger partial charge is 0.229 e. The van der Waals surface area contributed by atoms with E-state index < -0.39 is 0 Å². The van der Waals surface area contributed by atoms with Gasteiger partial charge in [0.05, 0.1) is 24.0 Å². The quantitative estimate of drug-likeness (QED) is 0.506. The molecule has 5 heteroatoms. The predicted octanol–water partition coefficient (Wildman–Crippen LogP) is 5.42. The van der Waals surface area contributed by atoms with Crippen molar-refractivity contribution in [1.82, 2.24) is 9.97 Å². The lowest BCUT2D eigenvalue weighted by atomic mass is 9.86. The molecule has 160 valence electrons. The third-order valence-corrected chi connectivity index (χ3v) is 6.03. The number of carbonyl (C=O) groups is 1. The molecule has 1 saturated carbocycles. The Labute approximate surface area is 184 Å². The van der Waals surface area contributed by atoms with Crippen LogP contribution in [0.4, 0.5) is 11.5 Å². The van der Waals surface area contributed by atoms with Gasteiger partial charge < -0.3 is 11.1 Å². The molecule has 0 saturated heterocycles. The average molecular weight is 415 g/mol. The number of aryl methyl sites for hydroxylation is 1. The highest BCUT2D eigenvalue weighted by Crippen LogP contribution is 2.29. The number of anilines is 2. The number of hydrogen-bond acceptors (Lipinski definition) is 4. The maximum absolute atomic E-state index is 12.6. The predicted molar refractivity (Wildman–Crippen MR) is 126 cm³/mol. The van der Waals surface area contributed by atoms with Crippen LogP contribution in [-0.4, -0.2) is 15.9 Å². The molecule has 0 atom stereocenters. The summed E-state index contributed by atoms with van der Waals surface area (Å²) >= 11 is 0. The van der Waals surface area contributed by atoms with Crippen molar-refractivity contribution in [3.8, 4) is 11.3 Å². The molecule has 0 spiro atoms. The molecule has 0 bridgehead atoms. The number of amides is 1. The number of nitrogens with zero attached hydrogens (tertiary/aromatic N) is 2. The summed E-state index contributed by atoms with van der Waals surface area (Å²) in [5, 5.41) is 3.00. The van der Waals surface area contributed by atoms with Crippen molar-refractivity contribution in [3.63, 3.8) is 0 Å². The van der Waals surface area contributed by atoms with Crippen molar-refractivity contribution >= 4 is 17.4 Å². The molecule has 0 unspecified atom stereocenters. The molecule has 31 heavy (non-hydrogen) atoms. The number of nitrogens with two attached hydrogens (primary N) is 1. The average Bonchev–Trinajstić information content (AvgIpc) is 2.80. The van der Waals surface area contributed by atoms with Gasteiger partial charge in [-0.05, 0) is 36.5 Å². The minimum Gasteiger partial charge on any atom is -0.399 e. The molecule has 1 fully saturated rings. The first kappa shape index (κ1) is 21.0. The fraction of sp³-hybridized carbons (Fsp3) is 0.346. The largest absolute Gasteiger partial charge is 0.399 e. The van der Waals surface area contributed by atoms with Crippen molar-refractivity contribution in [1.29, 1.82) is 0 Å². The number of hydrogen-bond donors (Lipinski definition) is 2. The molecular weight excluding hydrogens is 384 g/mol. The molecule has 0 radical (unpaired) electrons. The second-order valence-electron chi connectivity index (χ2n) is 8.43. The van der Waals surface area contributed by atoms with E-state index in [1.807, 2.05) is 54.6 Å². The van der Waals surface area contributed by atoms with Crippen molar-refractivity contribution in [2.75, 3.05) is 11.1 Å². The molecule has 1 aromatic heterocycles. The molecule has 5 nitrogen and oxygen atoms in total. The van der Waals surface area contributed by atoms with Crippen LogP contribution in [-0.2, 0) is 17.6 Å². The Kier molecular flexibility index (Phi) is 6.92. The van der Waals surface area contributed by atoms with Crippen molar-refractivity contribution in [3.05, 3.63) is 72.1 Å². The standard InChI is InChI=1S/C26H30N4O/c27-22-14-12-21(13-15-22)24-18-28-26(30-25(31)17-20-9-5-2-6-10-20)23(29-24)16-11-19-7-3-1-4-8-19/h2,5-6,9-10,12-15,18-19H,1,3-4,7-8,11,16-17,27H2,(H,28,30,31). The van der Waals surface area contributed by atoms with Gasteiger partial charge in [-0.1, -0.05) is 74.6 Å². The van der Waals surface area contributed by atoms with Gasteiger partial charge in [0.2, 0.25) is 5.91 Å². The molecule has 1 aliphatic rings. The van der Waals surface area contributed by atoms with Gasteiger partial charge in [0.15, 0.2) is 5.82 Å². The molecule has 1 aliphatic carbocycles. The Balaban J connectivity index is 1.53. The van der Waals surface area contributed by atoms with Crippen LogP contribution in [0.15, 0.2) is 60.8 Å². The van der Waals surface area contributed by atoms with Gasteiger partial charge in [-0.3, -0.25) is 4.79 Å². The normalized spacial score (nSPS) is 14.3. The first-order valence-electron chi connectivity index (χ1n) is 11.2. The lowest BCUT2D eigenvalue weighted by Crippen LogP contribution is -2.18. The van der Waals surface area contributed by atoms with Crippen LogP contribution < -0.4 is 11.1 Å². The van der Waals surface area contributed by atoms with Crippen LogP contribution in [0.2, 0.25) is 0 Å². The molecule has 2 aromatic carbocycles. The van der Waals surface area contributed by atoms with Gasteiger partial charge in [-0.2, -0.15) is 0 Å². The second kappa shape index (κ2) is 10.2. The summed E-state index contributed by atoms with van der Waals surface area (Å²) in [6.07, 6.45) is 10.5. The fourth-order valence-electron chi connectivity index (χ4n) is 4.27. The van der Waals surface area contributed by atoms with Crippen LogP contribution >= 0.6 is 0 Å². The second-order valence-corrected chi connectivity index (χ2v) is 8.43. The summed E-state index contributed by atoms with van der Waals surface area (Å²) in [4.78, 5) is 22.1. The summed E-state index contributed by atoms with van der Waals surface area (Å²) < 4.78 is 0. The Morgan fingerprint density at radius 1 is 1.00 bits per heavy atom. The molecule has 1 amide bonds. The maximum Gasteiger partial charge on any atom is 0.229 e. The summed E-state index contributed by atoms with van der Waals surface area (Å²) in [7, 11) is 0. The van der Waals surface area contributed by atoms with Gasteiger partial charge in [-0.15, -0.1) is 0 Å².